The summed E-state index contributed by atoms with van der Waals surface area (Å²) >= 11 is 0. The number of rotatable bonds is 4. The average molecular weight is 269 g/mol. The van der Waals surface area contributed by atoms with Crippen LogP contribution in [0.1, 0.15) is 18.4 Å². The van der Waals surface area contributed by atoms with Crippen LogP contribution in [0.15, 0.2) is 24.3 Å². The van der Waals surface area contributed by atoms with E-state index in [1.807, 2.05) is 24.3 Å². The number of nitrogens with zero attached hydrogens (tertiary/aromatic N) is 2. The minimum absolute atomic E-state index is 0.311. The summed E-state index contributed by atoms with van der Waals surface area (Å²) in [4.78, 5) is 2.30. The highest BCUT2D eigenvalue weighted by Crippen LogP contribution is 2.25. The van der Waals surface area contributed by atoms with Crippen LogP contribution in [0.4, 0.5) is 5.69 Å². The summed E-state index contributed by atoms with van der Waals surface area (Å²) in [6, 6.07) is 7.90. The van der Waals surface area contributed by atoms with Crippen molar-refractivity contribution in [3.63, 3.8) is 0 Å². The largest absolute Gasteiger partial charge is 0.371 e. The molecule has 1 heterocycles. The first-order valence-electron chi connectivity index (χ1n) is 6.05. The van der Waals surface area contributed by atoms with Gasteiger partial charge in [-0.05, 0) is 24.5 Å². The highest BCUT2D eigenvalue weighted by atomic mass is 32.2. The van der Waals surface area contributed by atoms with E-state index in [1.165, 1.54) is 24.2 Å². The van der Waals surface area contributed by atoms with Gasteiger partial charge < -0.3 is 4.90 Å². The summed E-state index contributed by atoms with van der Waals surface area (Å²) in [6.45, 7) is 2.39. The maximum atomic E-state index is 11.3. The predicted octanol–water partition coefficient (Wildman–Crippen LogP) is 0.922. The third-order valence-electron chi connectivity index (χ3n) is 3.27. The lowest BCUT2D eigenvalue weighted by Gasteiger charge is -2.23. The summed E-state index contributed by atoms with van der Waals surface area (Å²) in [5, 5.41) is 5.11. The number of hydrogen-bond acceptors (Lipinski definition) is 3. The van der Waals surface area contributed by atoms with Gasteiger partial charge in [-0.1, -0.05) is 18.2 Å². The predicted molar refractivity (Wildman–Crippen MR) is 72.5 cm³/mol. The van der Waals surface area contributed by atoms with Gasteiger partial charge in [0, 0.05) is 32.4 Å². The molecule has 0 aliphatic carbocycles. The molecule has 1 saturated heterocycles. The second-order valence-corrected chi connectivity index (χ2v) is 6.28. The van der Waals surface area contributed by atoms with E-state index in [4.69, 9.17) is 5.14 Å². The van der Waals surface area contributed by atoms with Crippen molar-refractivity contribution in [2.45, 2.75) is 19.4 Å². The highest BCUT2D eigenvalue weighted by molar-refractivity contribution is 7.86. The third-order valence-corrected chi connectivity index (χ3v) is 4.26. The van der Waals surface area contributed by atoms with Crippen LogP contribution >= 0.6 is 0 Å². The molecule has 0 atom stereocenters. The van der Waals surface area contributed by atoms with Crippen LogP contribution in [0.5, 0.6) is 0 Å². The molecule has 0 spiro atoms. The molecule has 1 aromatic carbocycles. The van der Waals surface area contributed by atoms with Crippen LogP contribution in [-0.2, 0) is 16.8 Å². The molecule has 0 aromatic heterocycles. The van der Waals surface area contributed by atoms with E-state index in [2.05, 4.69) is 4.90 Å². The SMILES string of the molecule is CN(Cc1ccccc1N1CCCC1)S(N)(=O)=O. The Morgan fingerprint density at radius 1 is 1.28 bits per heavy atom. The standard InChI is InChI=1S/C12H19N3O2S/c1-14(18(13,16)17)10-11-6-2-3-7-12(11)15-8-4-5-9-15/h2-3,6-7H,4-5,8-10H2,1H3,(H2,13,16,17). The van der Waals surface area contributed by atoms with Gasteiger partial charge in [-0.2, -0.15) is 12.7 Å². The smallest absolute Gasteiger partial charge is 0.276 e. The van der Waals surface area contributed by atoms with Gasteiger partial charge in [-0.15, -0.1) is 0 Å². The number of para-hydroxylation sites is 1. The van der Waals surface area contributed by atoms with Gasteiger partial charge in [-0.3, -0.25) is 0 Å². The molecule has 0 saturated carbocycles. The molecule has 18 heavy (non-hydrogen) atoms. The van der Waals surface area contributed by atoms with Crippen LogP contribution in [0.25, 0.3) is 0 Å². The van der Waals surface area contributed by atoms with Gasteiger partial charge in [0.25, 0.3) is 10.2 Å². The zero-order valence-electron chi connectivity index (χ0n) is 10.5. The van der Waals surface area contributed by atoms with Crippen molar-refractivity contribution in [1.82, 2.24) is 4.31 Å². The molecular weight excluding hydrogens is 250 g/mol. The molecule has 2 N–H and O–H groups in total. The quantitative estimate of drug-likeness (QED) is 0.884. The van der Waals surface area contributed by atoms with Crippen LogP contribution in [0, 0.1) is 0 Å². The molecule has 1 fully saturated rings. The zero-order chi connectivity index (χ0) is 13.2. The van der Waals surface area contributed by atoms with Crippen LogP contribution in [0.3, 0.4) is 0 Å². The Labute approximate surface area is 108 Å². The van der Waals surface area contributed by atoms with Crippen LogP contribution in [0.2, 0.25) is 0 Å². The molecule has 0 unspecified atom stereocenters. The molecule has 2 rings (SSSR count). The summed E-state index contributed by atoms with van der Waals surface area (Å²) in [5.41, 5.74) is 2.11. The summed E-state index contributed by atoms with van der Waals surface area (Å²) in [5.74, 6) is 0. The monoisotopic (exact) mass is 269 g/mol. The van der Waals surface area contributed by atoms with Gasteiger partial charge in [0.1, 0.15) is 0 Å². The zero-order valence-corrected chi connectivity index (χ0v) is 11.4. The second-order valence-electron chi connectivity index (χ2n) is 4.62. The van der Waals surface area contributed by atoms with E-state index in [9.17, 15) is 8.42 Å². The minimum Gasteiger partial charge on any atom is -0.371 e. The fourth-order valence-electron chi connectivity index (χ4n) is 2.24. The van der Waals surface area contributed by atoms with Crippen molar-refractivity contribution in [3.8, 4) is 0 Å². The van der Waals surface area contributed by atoms with E-state index in [-0.39, 0.29) is 0 Å². The molecular formula is C12H19N3O2S. The normalized spacial score (nSPS) is 16.5. The Bertz CT molecular complexity index is 510. The fourth-order valence-corrected chi connectivity index (χ4v) is 2.56. The van der Waals surface area contributed by atoms with Gasteiger partial charge in [0.05, 0.1) is 0 Å². The lowest BCUT2D eigenvalue weighted by molar-refractivity contribution is 0.468. The topological polar surface area (TPSA) is 66.6 Å². The molecule has 100 valence electrons. The first-order chi connectivity index (χ1) is 8.48. The highest BCUT2D eigenvalue weighted by Gasteiger charge is 2.18. The molecule has 1 aliphatic rings. The maximum Gasteiger partial charge on any atom is 0.276 e. The Balaban J connectivity index is 2.22. The van der Waals surface area contributed by atoms with Crippen LogP contribution < -0.4 is 10.0 Å². The van der Waals surface area contributed by atoms with Gasteiger partial charge in [0.2, 0.25) is 0 Å². The maximum absolute atomic E-state index is 11.3. The first kappa shape index (κ1) is 13.3. The fraction of sp³-hybridized carbons (Fsp3) is 0.500. The van der Waals surface area contributed by atoms with E-state index in [0.717, 1.165) is 24.3 Å². The van der Waals surface area contributed by atoms with Gasteiger partial charge >= 0.3 is 0 Å². The molecule has 1 aromatic rings. The Morgan fingerprint density at radius 2 is 1.89 bits per heavy atom. The number of nitrogens with two attached hydrogens (primary N) is 1. The molecule has 1 aliphatic heterocycles. The Hall–Kier alpha value is -1.11. The Morgan fingerprint density at radius 3 is 2.50 bits per heavy atom. The van der Waals surface area contributed by atoms with Gasteiger partial charge in [-0.25, -0.2) is 5.14 Å². The second kappa shape index (κ2) is 5.26. The van der Waals surface area contributed by atoms with Crippen molar-refractivity contribution in [1.29, 1.82) is 0 Å². The van der Waals surface area contributed by atoms with E-state index in [1.54, 1.807) is 0 Å². The molecule has 6 heteroatoms. The number of benzene rings is 1. The lowest BCUT2D eigenvalue weighted by atomic mass is 10.1. The summed E-state index contributed by atoms with van der Waals surface area (Å²) in [6.07, 6.45) is 2.39. The first-order valence-corrected chi connectivity index (χ1v) is 7.56. The summed E-state index contributed by atoms with van der Waals surface area (Å²) < 4.78 is 23.7. The van der Waals surface area contributed by atoms with E-state index < -0.39 is 10.2 Å². The van der Waals surface area contributed by atoms with Crippen molar-refractivity contribution >= 4 is 15.9 Å². The van der Waals surface area contributed by atoms with E-state index in [0.29, 0.717) is 6.54 Å². The van der Waals surface area contributed by atoms with Gasteiger partial charge in [0.15, 0.2) is 0 Å². The van der Waals surface area contributed by atoms with Crippen molar-refractivity contribution in [2.24, 2.45) is 5.14 Å². The molecule has 0 radical (unpaired) electrons. The van der Waals surface area contributed by atoms with Crippen molar-refractivity contribution < 1.29 is 8.42 Å². The Kier molecular flexibility index (Phi) is 3.89. The third kappa shape index (κ3) is 3.01. The summed E-state index contributed by atoms with van der Waals surface area (Å²) in [7, 11) is -2.13. The molecule has 0 amide bonds. The van der Waals surface area contributed by atoms with E-state index >= 15 is 0 Å². The number of hydrogen-bond donors (Lipinski definition) is 1. The molecule has 5 nitrogen and oxygen atoms in total. The average Bonchev–Trinajstić information content (AvgIpc) is 2.82. The van der Waals surface area contributed by atoms with Crippen molar-refractivity contribution in [2.75, 3.05) is 25.0 Å². The van der Waals surface area contributed by atoms with Crippen molar-refractivity contribution in [3.05, 3.63) is 29.8 Å². The number of anilines is 1. The van der Waals surface area contributed by atoms with Crippen LogP contribution in [-0.4, -0.2) is 32.9 Å². The molecule has 0 bridgehead atoms. The minimum atomic E-state index is -3.63. The lowest BCUT2D eigenvalue weighted by Crippen LogP contribution is -2.33.